The summed E-state index contributed by atoms with van der Waals surface area (Å²) in [6, 6.07) is 5.42. The molecule has 7 heteroatoms. The van der Waals surface area contributed by atoms with Crippen LogP contribution in [0.3, 0.4) is 0 Å². The lowest BCUT2D eigenvalue weighted by atomic mass is 9.85. The summed E-state index contributed by atoms with van der Waals surface area (Å²) in [5.74, 6) is -0.0157. The second-order valence-electron chi connectivity index (χ2n) is 7.73. The van der Waals surface area contributed by atoms with E-state index >= 15 is 0 Å². The maximum absolute atomic E-state index is 12.9. The molecule has 1 N–H and O–H groups in total. The first-order valence-electron chi connectivity index (χ1n) is 9.52. The van der Waals surface area contributed by atoms with Gasteiger partial charge in [-0.05, 0) is 44.0 Å². The number of nitrogens with zero attached hydrogens (tertiary/aromatic N) is 3. The zero-order valence-electron chi connectivity index (χ0n) is 16.5. The van der Waals surface area contributed by atoms with Crippen LogP contribution >= 0.6 is 0 Å². The highest BCUT2D eigenvalue weighted by Gasteiger charge is 2.42. The number of carbonyl (C=O) groups excluding carboxylic acids is 3. The zero-order chi connectivity index (χ0) is 19.8. The maximum atomic E-state index is 12.9. The molecule has 27 heavy (non-hydrogen) atoms. The summed E-state index contributed by atoms with van der Waals surface area (Å²) >= 11 is 0. The minimum Gasteiger partial charge on any atom is -0.338 e. The Morgan fingerprint density at radius 2 is 1.74 bits per heavy atom. The number of nitrogens with one attached hydrogen (secondary N) is 1. The van der Waals surface area contributed by atoms with Gasteiger partial charge in [-0.15, -0.1) is 0 Å². The molecule has 1 aromatic carbocycles. The molecule has 0 aliphatic carbocycles. The average molecular weight is 372 g/mol. The van der Waals surface area contributed by atoms with Crippen molar-refractivity contribution in [2.24, 2.45) is 0 Å². The topological polar surface area (TPSA) is 73.0 Å². The number of rotatable bonds is 3. The zero-order valence-corrected chi connectivity index (χ0v) is 16.5. The molecule has 3 rings (SSSR count). The number of benzene rings is 1. The van der Waals surface area contributed by atoms with Crippen LogP contribution in [-0.2, 0) is 10.2 Å². The summed E-state index contributed by atoms with van der Waals surface area (Å²) in [5, 5.41) is 2.87. The van der Waals surface area contributed by atoms with E-state index < -0.39 is 5.41 Å². The number of urea groups is 1. The molecule has 0 aromatic heterocycles. The van der Waals surface area contributed by atoms with Crippen molar-refractivity contribution in [1.82, 2.24) is 15.1 Å². The van der Waals surface area contributed by atoms with Gasteiger partial charge in [0, 0.05) is 51.0 Å². The fraction of sp³-hybridized carbons (Fsp3) is 0.550. The van der Waals surface area contributed by atoms with Gasteiger partial charge >= 0.3 is 6.03 Å². The first-order chi connectivity index (χ1) is 12.8. The molecule has 2 heterocycles. The lowest BCUT2D eigenvalue weighted by molar-refractivity contribution is -0.121. The second-order valence-corrected chi connectivity index (χ2v) is 7.73. The Labute approximate surface area is 160 Å². The van der Waals surface area contributed by atoms with E-state index in [1.54, 1.807) is 27.8 Å². The Morgan fingerprint density at radius 3 is 2.37 bits per heavy atom. The van der Waals surface area contributed by atoms with E-state index in [-0.39, 0.29) is 17.8 Å². The van der Waals surface area contributed by atoms with E-state index in [1.165, 1.54) is 0 Å². The summed E-state index contributed by atoms with van der Waals surface area (Å²) in [6.45, 7) is 8.53. The highest BCUT2D eigenvalue weighted by Crippen LogP contribution is 2.41. The van der Waals surface area contributed by atoms with Crippen LogP contribution in [-0.4, -0.2) is 67.4 Å². The SMILES string of the molecule is CCCNC(=O)N1CCN(C(=O)c2ccc3c(c2)C(C)(C)C(=O)N3C)CC1. The third-order valence-electron chi connectivity index (χ3n) is 5.50. The Hall–Kier alpha value is -2.57. The quantitative estimate of drug-likeness (QED) is 0.880. The third-order valence-corrected chi connectivity index (χ3v) is 5.50. The van der Waals surface area contributed by atoms with Crippen molar-refractivity contribution in [2.75, 3.05) is 44.7 Å². The van der Waals surface area contributed by atoms with Crippen LogP contribution in [0, 0.1) is 0 Å². The molecule has 7 nitrogen and oxygen atoms in total. The number of amides is 4. The number of piperazine rings is 1. The number of likely N-dealkylation sites (N-methyl/N-ethyl adjacent to an activating group) is 1. The monoisotopic (exact) mass is 372 g/mol. The van der Waals surface area contributed by atoms with Gasteiger partial charge in [0.05, 0.1) is 5.41 Å². The first-order valence-corrected chi connectivity index (χ1v) is 9.52. The molecular formula is C20H28N4O3. The summed E-state index contributed by atoms with van der Waals surface area (Å²) in [7, 11) is 1.76. The highest BCUT2D eigenvalue weighted by molar-refractivity contribution is 6.08. The van der Waals surface area contributed by atoms with E-state index in [4.69, 9.17) is 0 Å². The summed E-state index contributed by atoms with van der Waals surface area (Å²) in [4.78, 5) is 42.6. The van der Waals surface area contributed by atoms with Crippen LogP contribution in [0.5, 0.6) is 0 Å². The predicted molar refractivity (Wildman–Crippen MR) is 104 cm³/mol. The summed E-state index contributed by atoms with van der Waals surface area (Å²) < 4.78 is 0. The summed E-state index contributed by atoms with van der Waals surface area (Å²) in [6.07, 6.45) is 0.899. The highest BCUT2D eigenvalue weighted by atomic mass is 16.2. The molecule has 4 amide bonds. The van der Waals surface area contributed by atoms with Gasteiger partial charge in [0.25, 0.3) is 5.91 Å². The lowest BCUT2D eigenvalue weighted by Gasteiger charge is -2.34. The van der Waals surface area contributed by atoms with Crippen LogP contribution in [0.1, 0.15) is 43.1 Å². The van der Waals surface area contributed by atoms with Gasteiger partial charge in [0.2, 0.25) is 5.91 Å². The van der Waals surface area contributed by atoms with E-state index in [9.17, 15) is 14.4 Å². The number of carbonyl (C=O) groups is 3. The van der Waals surface area contributed by atoms with Crippen molar-refractivity contribution in [2.45, 2.75) is 32.6 Å². The van der Waals surface area contributed by atoms with Gasteiger partial charge in [-0.2, -0.15) is 0 Å². The Balaban J connectivity index is 1.69. The minimum absolute atomic E-state index is 0.0359. The van der Waals surface area contributed by atoms with Crippen molar-refractivity contribution >= 4 is 23.5 Å². The van der Waals surface area contributed by atoms with Gasteiger partial charge in [-0.3, -0.25) is 9.59 Å². The van der Waals surface area contributed by atoms with Crippen LogP contribution in [0.4, 0.5) is 10.5 Å². The van der Waals surface area contributed by atoms with E-state index in [2.05, 4.69) is 5.32 Å². The lowest BCUT2D eigenvalue weighted by Crippen LogP contribution is -2.53. The van der Waals surface area contributed by atoms with Gasteiger partial charge in [0.15, 0.2) is 0 Å². The molecule has 2 aliphatic heterocycles. The van der Waals surface area contributed by atoms with Crippen LogP contribution in [0.2, 0.25) is 0 Å². The molecule has 1 fully saturated rings. The molecule has 0 bridgehead atoms. The van der Waals surface area contributed by atoms with Crippen LogP contribution in [0.25, 0.3) is 0 Å². The standard InChI is InChI=1S/C20H28N4O3/c1-5-8-21-19(27)24-11-9-23(10-12-24)17(25)14-6-7-16-15(13-14)20(2,3)18(26)22(16)4/h6-7,13H,5,8-12H2,1-4H3,(H,21,27). The van der Waals surface area contributed by atoms with Crippen molar-refractivity contribution in [3.05, 3.63) is 29.3 Å². The Kier molecular flexibility index (Phi) is 5.13. The molecule has 146 valence electrons. The number of anilines is 1. The average Bonchev–Trinajstić information content (AvgIpc) is 2.85. The van der Waals surface area contributed by atoms with Gasteiger partial charge < -0.3 is 20.0 Å². The molecule has 0 unspecified atom stereocenters. The van der Waals surface area contributed by atoms with Crippen molar-refractivity contribution in [1.29, 1.82) is 0 Å². The number of fused-ring (bicyclic) bond motifs is 1. The van der Waals surface area contributed by atoms with Gasteiger partial charge in [-0.1, -0.05) is 6.92 Å². The fourth-order valence-corrected chi connectivity index (χ4v) is 3.74. The normalized spacial score (nSPS) is 18.5. The molecule has 0 saturated carbocycles. The van der Waals surface area contributed by atoms with Gasteiger partial charge in [-0.25, -0.2) is 4.79 Å². The minimum atomic E-state index is -0.629. The third kappa shape index (κ3) is 3.38. The largest absolute Gasteiger partial charge is 0.338 e. The van der Waals surface area contributed by atoms with Crippen LogP contribution in [0.15, 0.2) is 18.2 Å². The molecule has 2 aliphatic rings. The first kappa shape index (κ1) is 19.2. The molecule has 0 radical (unpaired) electrons. The molecule has 1 aromatic rings. The summed E-state index contributed by atoms with van der Waals surface area (Å²) in [5.41, 5.74) is 1.71. The molecular weight excluding hydrogens is 344 g/mol. The number of hydrogen-bond donors (Lipinski definition) is 1. The van der Waals surface area contributed by atoms with Crippen molar-refractivity contribution < 1.29 is 14.4 Å². The van der Waals surface area contributed by atoms with Crippen molar-refractivity contribution in [3.8, 4) is 0 Å². The number of hydrogen-bond acceptors (Lipinski definition) is 3. The second kappa shape index (κ2) is 7.21. The molecule has 0 atom stereocenters. The van der Waals surface area contributed by atoms with Crippen molar-refractivity contribution in [3.63, 3.8) is 0 Å². The Bertz CT molecular complexity index is 766. The van der Waals surface area contributed by atoms with E-state index in [0.29, 0.717) is 38.3 Å². The fourth-order valence-electron chi connectivity index (χ4n) is 3.74. The van der Waals surface area contributed by atoms with E-state index in [0.717, 1.165) is 17.7 Å². The predicted octanol–water partition coefficient (Wildman–Crippen LogP) is 1.82. The van der Waals surface area contributed by atoms with Gasteiger partial charge in [0.1, 0.15) is 0 Å². The Morgan fingerprint density at radius 1 is 1.11 bits per heavy atom. The van der Waals surface area contributed by atoms with Crippen LogP contribution < -0.4 is 10.2 Å². The molecule has 0 spiro atoms. The maximum Gasteiger partial charge on any atom is 0.317 e. The molecule has 1 saturated heterocycles. The van der Waals surface area contributed by atoms with E-state index in [1.807, 2.05) is 32.9 Å². The smallest absolute Gasteiger partial charge is 0.317 e.